The summed E-state index contributed by atoms with van der Waals surface area (Å²) in [4.78, 5) is 13.6. The number of rotatable bonds is 2. The normalized spacial score (nSPS) is 15.5. The van der Waals surface area contributed by atoms with Gasteiger partial charge in [-0.2, -0.15) is 0 Å². The number of hydrogen-bond donors (Lipinski definition) is 0. The summed E-state index contributed by atoms with van der Waals surface area (Å²) in [5, 5.41) is 0. The summed E-state index contributed by atoms with van der Waals surface area (Å²) in [5.41, 5.74) is 1.93. The second kappa shape index (κ2) is 4.09. The van der Waals surface area contributed by atoms with Crippen molar-refractivity contribution in [3.8, 4) is 11.3 Å². The Morgan fingerprint density at radius 3 is 2.71 bits per heavy atom. The first-order chi connectivity index (χ1) is 8.36. The third kappa shape index (κ3) is 1.73. The lowest BCUT2D eigenvalue weighted by molar-refractivity contribution is -0.117. The first-order valence-electron chi connectivity index (χ1n) is 5.79. The molecule has 1 aliphatic heterocycles. The number of benzene rings is 1. The van der Waals surface area contributed by atoms with E-state index in [1.54, 1.807) is 6.26 Å². The number of amides is 1. The molecule has 0 spiro atoms. The van der Waals surface area contributed by atoms with Gasteiger partial charge >= 0.3 is 0 Å². The van der Waals surface area contributed by atoms with Gasteiger partial charge in [0.05, 0.1) is 12.0 Å². The maximum atomic E-state index is 11.8. The van der Waals surface area contributed by atoms with Crippen LogP contribution in [0.3, 0.4) is 0 Å². The van der Waals surface area contributed by atoms with Gasteiger partial charge in [-0.05, 0) is 30.7 Å². The molecule has 3 heteroatoms. The van der Waals surface area contributed by atoms with Crippen molar-refractivity contribution in [2.24, 2.45) is 0 Å². The van der Waals surface area contributed by atoms with Gasteiger partial charge in [0, 0.05) is 18.5 Å². The molecule has 2 heterocycles. The van der Waals surface area contributed by atoms with E-state index in [2.05, 4.69) is 0 Å². The predicted octanol–water partition coefficient (Wildman–Crippen LogP) is 3.07. The summed E-state index contributed by atoms with van der Waals surface area (Å²) < 4.78 is 5.42. The molecule has 1 fully saturated rings. The van der Waals surface area contributed by atoms with Gasteiger partial charge in [-0.25, -0.2) is 0 Å². The van der Waals surface area contributed by atoms with E-state index in [4.69, 9.17) is 4.42 Å². The Hall–Kier alpha value is -2.03. The Kier molecular flexibility index (Phi) is 2.44. The van der Waals surface area contributed by atoms with Crippen LogP contribution in [-0.4, -0.2) is 12.5 Å². The van der Waals surface area contributed by atoms with E-state index in [9.17, 15) is 4.79 Å². The van der Waals surface area contributed by atoms with Crippen LogP contribution in [0.4, 0.5) is 5.69 Å². The first-order valence-corrected chi connectivity index (χ1v) is 5.79. The van der Waals surface area contributed by atoms with Crippen LogP contribution in [-0.2, 0) is 4.79 Å². The van der Waals surface area contributed by atoms with Gasteiger partial charge in [-0.3, -0.25) is 4.79 Å². The molecule has 1 aromatic carbocycles. The Balaban J connectivity index is 2.08. The lowest BCUT2D eigenvalue weighted by atomic mass is 10.1. The molecule has 3 nitrogen and oxygen atoms in total. The third-order valence-corrected chi connectivity index (χ3v) is 3.05. The van der Waals surface area contributed by atoms with Crippen molar-refractivity contribution in [2.75, 3.05) is 11.4 Å². The first kappa shape index (κ1) is 10.1. The molecule has 0 radical (unpaired) electrons. The van der Waals surface area contributed by atoms with Crippen molar-refractivity contribution in [1.82, 2.24) is 0 Å². The number of nitrogens with zero attached hydrogens (tertiary/aromatic N) is 1. The van der Waals surface area contributed by atoms with Crippen molar-refractivity contribution < 1.29 is 9.21 Å². The standard InChI is InChI=1S/C14H13NO2/c16-14-8-3-9-15(14)12-6-2-1-5-11(12)13-7-4-10-17-13/h1-2,4-7,10H,3,8-9H2. The van der Waals surface area contributed by atoms with E-state index in [1.165, 1.54) is 0 Å². The summed E-state index contributed by atoms with van der Waals surface area (Å²) in [6, 6.07) is 11.6. The molecule has 0 saturated carbocycles. The largest absolute Gasteiger partial charge is 0.464 e. The van der Waals surface area contributed by atoms with Crippen molar-refractivity contribution in [1.29, 1.82) is 0 Å². The average Bonchev–Trinajstić information content (AvgIpc) is 3.00. The van der Waals surface area contributed by atoms with Gasteiger partial charge in [-0.1, -0.05) is 12.1 Å². The molecule has 0 bridgehead atoms. The number of hydrogen-bond acceptors (Lipinski definition) is 2. The average molecular weight is 227 g/mol. The van der Waals surface area contributed by atoms with Gasteiger partial charge in [0.1, 0.15) is 5.76 Å². The molecule has 1 saturated heterocycles. The van der Waals surface area contributed by atoms with E-state index in [0.717, 1.165) is 30.0 Å². The number of carbonyl (C=O) groups is 1. The molecule has 0 atom stereocenters. The van der Waals surface area contributed by atoms with Crippen molar-refractivity contribution in [3.05, 3.63) is 42.7 Å². The molecule has 2 aromatic rings. The predicted molar refractivity (Wildman–Crippen MR) is 65.7 cm³/mol. The Labute approximate surface area is 99.7 Å². The van der Waals surface area contributed by atoms with Gasteiger partial charge < -0.3 is 9.32 Å². The van der Waals surface area contributed by atoms with Crippen molar-refractivity contribution >= 4 is 11.6 Å². The van der Waals surface area contributed by atoms with E-state index in [1.807, 2.05) is 41.3 Å². The van der Waals surface area contributed by atoms with Gasteiger partial charge in [0.15, 0.2) is 0 Å². The SMILES string of the molecule is O=C1CCCN1c1ccccc1-c1ccco1. The molecule has 86 valence electrons. The topological polar surface area (TPSA) is 33.5 Å². The Bertz CT molecular complexity index is 531. The fourth-order valence-electron chi connectivity index (χ4n) is 2.25. The lowest BCUT2D eigenvalue weighted by Crippen LogP contribution is -2.24. The van der Waals surface area contributed by atoms with Gasteiger partial charge in [0.2, 0.25) is 5.91 Å². The monoisotopic (exact) mass is 227 g/mol. The van der Waals surface area contributed by atoms with E-state index in [-0.39, 0.29) is 5.91 Å². The highest BCUT2D eigenvalue weighted by Gasteiger charge is 2.24. The molecule has 0 unspecified atom stereocenters. The highest BCUT2D eigenvalue weighted by molar-refractivity contribution is 5.98. The molecular formula is C14H13NO2. The quantitative estimate of drug-likeness (QED) is 0.790. The van der Waals surface area contributed by atoms with E-state index >= 15 is 0 Å². The number of carbonyl (C=O) groups excluding carboxylic acids is 1. The molecule has 1 amide bonds. The van der Waals surface area contributed by atoms with Crippen LogP contribution in [0.2, 0.25) is 0 Å². The minimum absolute atomic E-state index is 0.198. The molecule has 1 aliphatic rings. The zero-order chi connectivity index (χ0) is 11.7. The van der Waals surface area contributed by atoms with Crippen LogP contribution in [0, 0.1) is 0 Å². The minimum atomic E-state index is 0.198. The highest BCUT2D eigenvalue weighted by Crippen LogP contribution is 2.33. The van der Waals surface area contributed by atoms with Crippen LogP contribution in [0.5, 0.6) is 0 Å². The summed E-state index contributed by atoms with van der Waals surface area (Å²) in [5.74, 6) is 1.00. The van der Waals surface area contributed by atoms with Crippen LogP contribution < -0.4 is 4.90 Å². The van der Waals surface area contributed by atoms with E-state index < -0.39 is 0 Å². The van der Waals surface area contributed by atoms with Gasteiger partial charge in [0.25, 0.3) is 0 Å². The summed E-state index contributed by atoms with van der Waals surface area (Å²) in [6.45, 7) is 0.802. The number of para-hydroxylation sites is 1. The summed E-state index contributed by atoms with van der Waals surface area (Å²) in [7, 11) is 0. The second-order valence-electron chi connectivity index (χ2n) is 4.14. The molecule has 0 aliphatic carbocycles. The zero-order valence-electron chi connectivity index (χ0n) is 9.43. The van der Waals surface area contributed by atoms with Crippen LogP contribution in [0.25, 0.3) is 11.3 Å². The fraction of sp³-hybridized carbons (Fsp3) is 0.214. The number of anilines is 1. The zero-order valence-corrected chi connectivity index (χ0v) is 9.43. The molecule has 17 heavy (non-hydrogen) atoms. The number of furan rings is 1. The maximum absolute atomic E-state index is 11.8. The van der Waals surface area contributed by atoms with E-state index in [0.29, 0.717) is 6.42 Å². The summed E-state index contributed by atoms with van der Waals surface area (Å²) >= 11 is 0. The fourth-order valence-corrected chi connectivity index (χ4v) is 2.25. The highest BCUT2D eigenvalue weighted by atomic mass is 16.3. The van der Waals surface area contributed by atoms with Crippen LogP contribution >= 0.6 is 0 Å². The molecule has 1 aromatic heterocycles. The molecule has 0 N–H and O–H groups in total. The Morgan fingerprint density at radius 1 is 1.12 bits per heavy atom. The smallest absolute Gasteiger partial charge is 0.227 e. The van der Waals surface area contributed by atoms with Crippen LogP contribution in [0.15, 0.2) is 47.1 Å². The van der Waals surface area contributed by atoms with Crippen molar-refractivity contribution in [2.45, 2.75) is 12.8 Å². The third-order valence-electron chi connectivity index (χ3n) is 3.05. The second-order valence-corrected chi connectivity index (χ2v) is 4.14. The van der Waals surface area contributed by atoms with Gasteiger partial charge in [-0.15, -0.1) is 0 Å². The lowest BCUT2D eigenvalue weighted by Gasteiger charge is -2.18. The Morgan fingerprint density at radius 2 is 2.00 bits per heavy atom. The molecular weight excluding hydrogens is 214 g/mol. The summed E-state index contributed by atoms with van der Waals surface area (Å²) in [6.07, 6.45) is 3.23. The minimum Gasteiger partial charge on any atom is -0.464 e. The van der Waals surface area contributed by atoms with Crippen molar-refractivity contribution in [3.63, 3.8) is 0 Å². The maximum Gasteiger partial charge on any atom is 0.227 e. The van der Waals surface area contributed by atoms with Crippen LogP contribution in [0.1, 0.15) is 12.8 Å². The molecule has 3 rings (SSSR count).